The molecule has 0 bridgehead atoms. The topological polar surface area (TPSA) is 12.0 Å². The van der Waals surface area contributed by atoms with Gasteiger partial charge in [0.15, 0.2) is 0 Å². The van der Waals surface area contributed by atoms with Crippen molar-refractivity contribution in [3.8, 4) is 0 Å². The maximum Gasteiger partial charge on any atom is 0.0408 e. The van der Waals surface area contributed by atoms with Crippen molar-refractivity contribution in [2.75, 3.05) is 6.54 Å². The van der Waals surface area contributed by atoms with Gasteiger partial charge in [0.05, 0.1) is 0 Å². The molecule has 0 radical (unpaired) electrons. The SMILES string of the molecule is CC(C)(C)NCC1(c2cccc(Cl)c2)CC2(CCC2)C1. The summed E-state index contributed by atoms with van der Waals surface area (Å²) in [7, 11) is 0. The molecule has 2 heteroatoms. The fourth-order valence-electron chi connectivity index (χ4n) is 4.10. The molecular formula is C18H26ClN. The van der Waals surface area contributed by atoms with E-state index >= 15 is 0 Å². The normalized spacial score (nSPS) is 23.2. The first-order valence-electron chi connectivity index (χ1n) is 7.84. The minimum absolute atomic E-state index is 0.175. The summed E-state index contributed by atoms with van der Waals surface area (Å²) >= 11 is 6.22. The number of rotatable bonds is 3. The summed E-state index contributed by atoms with van der Waals surface area (Å²) in [6.45, 7) is 7.81. The molecule has 0 aliphatic heterocycles. The Morgan fingerprint density at radius 3 is 2.40 bits per heavy atom. The zero-order valence-electron chi connectivity index (χ0n) is 12.9. The van der Waals surface area contributed by atoms with E-state index in [2.05, 4.69) is 44.3 Å². The Morgan fingerprint density at radius 1 is 1.20 bits per heavy atom. The van der Waals surface area contributed by atoms with Gasteiger partial charge in [-0.3, -0.25) is 0 Å². The fraction of sp³-hybridized carbons (Fsp3) is 0.667. The van der Waals surface area contributed by atoms with Gasteiger partial charge >= 0.3 is 0 Å². The van der Waals surface area contributed by atoms with Gasteiger partial charge in [-0.1, -0.05) is 30.2 Å². The van der Waals surface area contributed by atoms with Gasteiger partial charge in [-0.2, -0.15) is 0 Å². The van der Waals surface area contributed by atoms with Gasteiger partial charge in [0.25, 0.3) is 0 Å². The Kier molecular flexibility index (Phi) is 3.42. The Balaban J connectivity index is 1.81. The third-order valence-corrected chi connectivity index (χ3v) is 5.47. The molecule has 1 nitrogen and oxygen atoms in total. The minimum atomic E-state index is 0.175. The standard InChI is InChI=1S/C18H26ClN/c1-16(2,3)20-13-18(11-17(12-18)8-5-9-17)14-6-4-7-15(19)10-14/h4,6-7,10,20H,5,8-9,11-13H2,1-3H3. The largest absolute Gasteiger partial charge is 0.311 e. The van der Waals surface area contributed by atoms with Crippen LogP contribution in [-0.2, 0) is 5.41 Å². The van der Waals surface area contributed by atoms with Crippen LogP contribution in [0.2, 0.25) is 5.02 Å². The molecule has 20 heavy (non-hydrogen) atoms. The molecule has 2 saturated carbocycles. The van der Waals surface area contributed by atoms with Crippen LogP contribution in [0.1, 0.15) is 58.4 Å². The quantitative estimate of drug-likeness (QED) is 0.832. The average Bonchev–Trinajstić information content (AvgIpc) is 2.24. The third kappa shape index (κ3) is 2.63. The summed E-state index contributed by atoms with van der Waals surface area (Å²) in [5.41, 5.74) is 2.58. The van der Waals surface area contributed by atoms with Gasteiger partial charge < -0.3 is 5.32 Å². The molecular weight excluding hydrogens is 266 g/mol. The smallest absolute Gasteiger partial charge is 0.0408 e. The van der Waals surface area contributed by atoms with E-state index in [-0.39, 0.29) is 5.54 Å². The lowest BCUT2D eigenvalue weighted by Crippen LogP contribution is -2.59. The number of nitrogens with one attached hydrogen (secondary N) is 1. The Morgan fingerprint density at radius 2 is 1.90 bits per heavy atom. The van der Waals surface area contributed by atoms with Crippen molar-refractivity contribution >= 4 is 11.6 Å². The van der Waals surface area contributed by atoms with E-state index in [9.17, 15) is 0 Å². The Hall–Kier alpha value is -0.530. The van der Waals surface area contributed by atoms with E-state index in [1.165, 1.54) is 37.7 Å². The maximum absolute atomic E-state index is 6.22. The summed E-state index contributed by atoms with van der Waals surface area (Å²) < 4.78 is 0. The molecule has 0 heterocycles. The molecule has 110 valence electrons. The molecule has 1 aromatic carbocycles. The molecule has 0 saturated heterocycles. The summed E-state index contributed by atoms with van der Waals surface area (Å²) in [6.07, 6.45) is 6.97. The lowest BCUT2D eigenvalue weighted by molar-refractivity contribution is -0.0503. The van der Waals surface area contributed by atoms with Gasteiger partial charge in [-0.25, -0.2) is 0 Å². The molecule has 1 N–H and O–H groups in total. The van der Waals surface area contributed by atoms with E-state index in [0.717, 1.165) is 11.6 Å². The van der Waals surface area contributed by atoms with Crippen LogP contribution in [0.15, 0.2) is 24.3 Å². The Labute approximate surface area is 128 Å². The van der Waals surface area contributed by atoms with Crippen LogP contribution in [0, 0.1) is 5.41 Å². The van der Waals surface area contributed by atoms with Crippen LogP contribution in [0.4, 0.5) is 0 Å². The van der Waals surface area contributed by atoms with E-state index in [1.54, 1.807) is 0 Å². The van der Waals surface area contributed by atoms with Crippen molar-refractivity contribution in [2.45, 2.75) is 63.8 Å². The van der Waals surface area contributed by atoms with Crippen LogP contribution in [0.5, 0.6) is 0 Å². The number of halogens is 1. The van der Waals surface area contributed by atoms with Gasteiger partial charge in [0.1, 0.15) is 0 Å². The van der Waals surface area contributed by atoms with Crippen LogP contribution in [0.25, 0.3) is 0 Å². The van der Waals surface area contributed by atoms with Crippen molar-refractivity contribution in [3.05, 3.63) is 34.9 Å². The molecule has 1 spiro atoms. The highest BCUT2D eigenvalue weighted by Crippen LogP contribution is 2.64. The maximum atomic E-state index is 6.22. The van der Waals surface area contributed by atoms with Crippen molar-refractivity contribution < 1.29 is 0 Å². The van der Waals surface area contributed by atoms with Crippen LogP contribution < -0.4 is 5.32 Å². The zero-order chi connectivity index (χ0) is 14.4. The monoisotopic (exact) mass is 291 g/mol. The number of benzene rings is 1. The summed E-state index contributed by atoms with van der Waals surface area (Å²) in [6, 6.07) is 8.52. The summed E-state index contributed by atoms with van der Waals surface area (Å²) in [5.74, 6) is 0. The lowest BCUT2D eigenvalue weighted by Gasteiger charge is -2.62. The first-order chi connectivity index (χ1) is 9.33. The van der Waals surface area contributed by atoms with Crippen LogP contribution >= 0.6 is 11.6 Å². The summed E-state index contributed by atoms with van der Waals surface area (Å²) in [4.78, 5) is 0. The highest BCUT2D eigenvalue weighted by molar-refractivity contribution is 6.30. The lowest BCUT2D eigenvalue weighted by atomic mass is 9.43. The number of hydrogen-bond donors (Lipinski definition) is 1. The van der Waals surface area contributed by atoms with E-state index in [0.29, 0.717) is 10.8 Å². The van der Waals surface area contributed by atoms with Gasteiger partial charge in [0.2, 0.25) is 0 Å². The highest BCUT2D eigenvalue weighted by Gasteiger charge is 2.57. The zero-order valence-corrected chi connectivity index (χ0v) is 13.7. The van der Waals surface area contributed by atoms with E-state index in [1.807, 2.05) is 6.07 Å². The van der Waals surface area contributed by atoms with Crippen molar-refractivity contribution in [1.82, 2.24) is 5.32 Å². The van der Waals surface area contributed by atoms with E-state index in [4.69, 9.17) is 11.6 Å². The third-order valence-electron chi connectivity index (χ3n) is 5.24. The predicted molar refractivity (Wildman–Crippen MR) is 86.4 cm³/mol. The molecule has 0 atom stereocenters. The Bertz CT molecular complexity index is 488. The van der Waals surface area contributed by atoms with Gasteiger partial charge in [-0.15, -0.1) is 0 Å². The van der Waals surface area contributed by atoms with Crippen molar-refractivity contribution in [1.29, 1.82) is 0 Å². The molecule has 0 amide bonds. The molecule has 3 rings (SSSR count). The molecule has 0 unspecified atom stereocenters. The number of hydrogen-bond acceptors (Lipinski definition) is 1. The highest BCUT2D eigenvalue weighted by atomic mass is 35.5. The van der Waals surface area contributed by atoms with Crippen LogP contribution in [0.3, 0.4) is 0 Å². The molecule has 0 aromatic heterocycles. The average molecular weight is 292 g/mol. The second-order valence-corrected chi connectivity index (χ2v) is 8.54. The minimum Gasteiger partial charge on any atom is -0.311 e. The second-order valence-electron chi connectivity index (χ2n) is 8.10. The first-order valence-corrected chi connectivity index (χ1v) is 8.22. The molecule has 1 aromatic rings. The van der Waals surface area contributed by atoms with Crippen molar-refractivity contribution in [3.63, 3.8) is 0 Å². The van der Waals surface area contributed by atoms with Crippen molar-refractivity contribution in [2.24, 2.45) is 5.41 Å². The van der Waals surface area contributed by atoms with Gasteiger partial charge in [0, 0.05) is 22.5 Å². The fourth-order valence-corrected chi connectivity index (χ4v) is 4.29. The van der Waals surface area contributed by atoms with E-state index < -0.39 is 0 Å². The molecule has 2 aliphatic rings. The molecule has 2 aliphatic carbocycles. The predicted octanol–water partition coefficient (Wildman–Crippen LogP) is 4.93. The summed E-state index contributed by atoms with van der Waals surface area (Å²) in [5, 5.41) is 4.59. The first kappa shape index (κ1) is 14.4. The van der Waals surface area contributed by atoms with Crippen LogP contribution in [-0.4, -0.2) is 12.1 Å². The van der Waals surface area contributed by atoms with Gasteiger partial charge in [-0.05, 0) is 69.6 Å². The molecule has 2 fully saturated rings. The second kappa shape index (κ2) is 4.74.